The number of aromatic nitrogens is 2. The molecule has 0 aliphatic heterocycles. The highest BCUT2D eigenvalue weighted by molar-refractivity contribution is 5.95. The molecule has 0 radical (unpaired) electrons. The molecule has 1 N–H and O–H groups in total. The lowest BCUT2D eigenvalue weighted by Gasteiger charge is -2.35. The maximum atomic E-state index is 13.2. The van der Waals surface area contributed by atoms with Gasteiger partial charge in [-0.3, -0.25) is 4.79 Å². The van der Waals surface area contributed by atoms with Crippen LogP contribution in [0, 0.1) is 5.41 Å². The molecule has 4 heteroatoms. The molecule has 1 fully saturated rings. The number of para-hydroxylation sites is 1. The van der Waals surface area contributed by atoms with Crippen LogP contribution in [0.15, 0.2) is 60.7 Å². The highest BCUT2D eigenvalue weighted by Crippen LogP contribution is 2.68. The normalized spacial score (nSPS) is 23.8. The minimum atomic E-state index is -0.0771. The van der Waals surface area contributed by atoms with Gasteiger partial charge in [-0.2, -0.15) is 5.10 Å². The van der Waals surface area contributed by atoms with Gasteiger partial charge in [0.1, 0.15) is 0 Å². The number of carbonyl (C=O) groups excluding carboxylic acids is 1. The van der Waals surface area contributed by atoms with Gasteiger partial charge in [-0.1, -0.05) is 69.3 Å². The Bertz CT molecular complexity index is 1070. The van der Waals surface area contributed by atoms with Crippen molar-refractivity contribution in [2.75, 3.05) is 0 Å². The fraction of sp³-hybridized carbons (Fsp3) is 0.360. The Labute approximate surface area is 172 Å². The predicted molar refractivity (Wildman–Crippen MR) is 114 cm³/mol. The summed E-state index contributed by atoms with van der Waals surface area (Å²) in [5, 5.41) is 7.96. The first-order chi connectivity index (χ1) is 13.9. The van der Waals surface area contributed by atoms with E-state index in [1.54, 1.807) is 0 Å². The maximum absolute atomic E-state index is 13.2. The minimum Gasteiger partial charge on any atom is -0.347 e. The van der Waals surface area contributed by atoms with Gasteiger partial charge in [0, 0.05) is 17.5 Å². The molecule has 2 atom stereocenters. The van der Waals surface area contributed by atoms with Crippen molar-refractivity contribution in [1.29, 1.82) is 0 Å². The number of hydrogen-bond donors (Lipinski definition) is 1. The Morgan fingerprint density at radius 2 is 1.72 bits per heavy atom. The smallest absolute Gasteiger partial charge is 0.272 e. The predicted octanol–water partition coefficient (Wildman–Crippen LogP) is 4.98. The summed E-state index contributed by atoms with van der Waals surface area (Å²) in [6, 6.07) is 20.2. The lowest BCUT2D eigenvalue weighted by Crippen LogP contribution is -2.33. The molecule has 2 bridgehead atoms. The SMILES string of the molecule is CC1(C)[C@@H]2CC[C@@]1(C)c1c2c(C(=O)NCc2ccccc2)nn1-c1ccccc1. The van der Waals surface area contributed by atoms with Crippen LogP contribution in [0.2, 0.25) is 0 Å². The highest BCUT2D eigenvalue weighted by atomic mass is 16.2. The van der Waals surface area contributed by atoms with E-state index in [0.717, 1.165) is 29.7 Å². The fourth-order valence-corrected chi connectivity index (χ4v) is 5.51. The Morgan fingerprint density at radius 1 is 1.07 bits per heavy atom. The van der Waals surface area contributed by atoms with Gasteiger partial charge in [-0.25, -0.2) is 4.68 Å². The number of carbonyl (C=O) groups is 1. The van der Waals surface area contributed by atoms with E-state index >= 15 is 0 Å². The van der Waals surface area contributed by atoms with Gasteiger partial charge in [0.25, 0.3) is 5.91 Å². The first kappa shape index (κ1) is 18.2. The van der Waals surface area contributed by atoms with Crippen molar-refractivity contribution >= 4 is 5.91 Å². The van der Waals surface area contributed by atoms with Crippen molar-refractivity contribution in [3.63, 3.8) is 0 Å². The molecule has 0 saturated heterocycles. The van der Waals surface area contributed by atoms with E-state index in [1.165, 1.54) is 5.69 Å². The van der Waals surface area contributed by atoms with Crippen LogP contribution in [0.4, 0.5) is 0 Å². The molecule has 29 heavy (non-hydrogen) atoms. The molecule has 5 rings (SSSR count). The van der Waals surface area contributed by atoms with Crippen LogP contribution in [0.5, 0.6) is 0 Å². The van der Waals surface area contributed by atoms with Crippen LogP contribution in [0.3, 0.4) is 0 Å². The van der Waals surface area contributed by atoms with Crippen molar-refractivity contribution in [2.24, 2.45) is 5.41 Å². The number of fused-ring (bicyclic) bond motifs is 5. The topological polar surface area (TPSA) is 46.9 Å². The van der Waals surface area contributed by atoms with Gasteiger partial charge in [0.15, 0.2) is 5.69 Å². The molecule has 1 heterocycles. The summed E-state index contributed by atoms with van der Waals surface area (Å²) >= 11 is 0. The molecule has 2 aliphatic rings. The van der Waals surface area contributed by atoms with Crippen LogP contribution in [0.1, 0.15) is 66.8 Å². The van der Waals surface area contributed by atoms with E-state index in [2.05, 4.69) is 38.2 Å². The molecule has 2 aliphatic carbocycles. The van der Waals surface area contributed by atoms with Crippen LogP contribution >= 0.6 is 0 Å². The molecule has 0 unspecified atom stereocenters. The van der Waals surface area contributed by atoms with Crippen molar-refractivity contribution in [2.45, 2.75) is 51.5 Å². The van der Waals surface area contributed by atoms with E-state index in [-0.39, 0.29) is 16.7 Å². The average molecular weight is 386 g/mol. The van der Waals surface area contributed by atoms with Gasteiger partial charge >= 0.3 is 0 Å². The number of nitrogens with zero attached hydrogens (tertiary/aromatic N) is 2. The van der Waals surface area contributed by atoms with Crippen LogP contribution < -0.4 is 5.32 Å². The standard InChI is InChI=1S/C25H27N3O/c1-24(2)19-14-15-25(24,3)22-20(19)21(27-28(22)18-12-8-5-9-13-18)23(29)26-16-17-10-6-4-7-11-17/h4-13,19H,14-16H2,1-3H3,(H,26,29)/t19-,25+/m1/s1. The molecule has 0 spiro atoms. The van der Waals surface area contributed by atoms with E-state index in [0.29, 0.717) is 18.2 Å². The number of benzene rings is 2. The van der Waals surface area contributed by atoms with Crippen LogP contribution in [0.25, 0.3) is 5.69 Å². The molecule has 2 aromatic carbocycles. The summed E-state index contributed by atoms with van der Waals surface area (Å²) < 4.78 is 2.04. The second-order valence-electron chi connectivity index (χ2n) is 9.17. The van der Waals surface area contributed by atoms with Gasteiger partial charge in [0.05, 0.1) is 11.4 Å². The Balaban J connectivity index is 1.59. The van der Waals surface area contributed by atoms with E-state index in [1.807, 2.05) is 53.2 Å². The van der Waals surface area contributed by atoms with Crippen molar-refractivity contribution in [3.05, 3.63) is 83.2 Å². The number of hydrogen-bond acceptors (Lipinski definition) is 2. The van der Waals surface area contributed by atoms with E-state index in [9.17, 15) is 4.79 Å². The second-order valence-corrected chi connectivity index (χ2v) is 9.17. The number of nitrogens with one attached hydrogen (secondary N) is 1. The number of amides is 1. The molecule has 4 nitrogen and oxygen atoms in total. The zero-order chi connectivity index (χ0) is 20.2. The summed E-state index contributed by atoms with van der Waals surface area (Å²) in [4.78, 5) is 13.2. The van der Waals surface area contributed by atoms with Gasteiger partial charge in [0.2, 0.25) is 0 Å². The molecule has 1 aromatic heterocycles. The molecular formula is C25H27N3O. The van der Waals surface area contributed by atoms with Crippen molar-refractivity contribution in [3.8, 4) is 5.69 Å². The lowest BCUT2D eigenvalue weighted by atomic mass is 9.70. The molecular weight excluding hydrogens is 358 g/mol. The van der Waals surface area contributed by atoms with Crippen molar-refractivity contribution in [1.82, 2.24) is 15.1 Å². The van der Waals surface area contributed by atoms with Gasteiger partial charge < -0.3 is 5.32 Å². The first-order valence-corrected chi connectivity index (χ1v) is 10.4. The Kier molecular flexibility index (Phi) is 3.95. The summed E-state index contributed by atoms with van der Waals surface area (Å²) in [6.07, 6.45) is 2.26. The highest BCUT2D eigenvalue weighted by Gasteiger charge is 2.63. The minimum absolute atomic E-state index is 0.0216. The first-order valence-electron chi connectivity index (χ1n) is 10.4. The van der Waals surface area contributed by atoms with E-state index < -0.39 is 0 Å². The zero-order valence-corrected chi connectivity index (χ0v) is 17.3. The number of rotatable bonds is 4. The van der Waals surface area contributed by atoms with Crippen LogP contribution in [-0.4, -0.2) is 15.7 Å². The third kappa shape index (κ3) is 2.51. The van der Waals surface area contributed by atoms with Crippen LogP contribution in [-0.2, 0) is 12.0 Å². The third-order valence-corrected chi connectivity index (χ3v) is 7.53. The summed E-state index contributed by atoms with van der Waals surface area (Å²) in [5.41, 5.74) is 5.25. The Morgan fingerprint density at radius 3 is 2.41 bits per heavy atom. The molecule has 1 amide bonds. The van der Waals surface area contributed by atoms with Gasteiger partial charge in [-0.05, 0) is 41.9 Å². The van der Waals surface area contributed by atoms with E-state index in [4.69, 9.17) is 5.10 Å². The quantitative estimate of drug-likeness (QED) is 0.689. The second kappa shape index (κ2) is 6.31. The summed E-state index contributed by atoms with van der Waals surface area (Å²) in [5.74, 6) is 0.296. The molecule has 1 saturated carbocycles. The molecule has 3 aromatic rings. The average Bonchev–Trinajstić information content (AvgIpc) is 3.30. The monoisotopic (exact) mass is 385 g/mol. The zero-order valence-electron chi connectivity index (χ0n) is 17.3. The molecule has 148 valence electrons. The summed E-state index contributed by atoms with van der Waals surface area (Å²) in [7, 11) is 0. The Hall–Kier alpha value is -2.88. The lowest BCUT2D eigenvalue weighted by molar-refractivity contribution is 0.0943. The fourth-order valence-electron chi connectivity index (χ4n) is 5.51. The van der Waals surface area contributed by atoms with Gasteiger partial charge in [-0.15, -0.1) is 0 Å². The van der Waals surface area contributed by atoms with Crippen molar-refractivity contribution < 1.29 is 4.79 Å². The summed E-state index contributed by atoms with van der Waals surface area (Å²) in [6.45, 7) is 7.57. The largest absolute Gasteiger partial charge is 0.347 e. The third-order valence-electron chi connectivity index (χ3n) is 7.53. The maximum Gasteiger partial charge on any atom is 0.272 e.